The zero-order chi connectivity index (χ0) is 18.3. The number of nitrogens with zero attached hydrogens (tertiary/aromatic N) is 2. The van der Waals surface area contributed by atoms with Crippen LogP contribution in [-0.2, 0) is 12.8 Å². The molecule has 0 unspecified atom stereocenters. The van der Waals surface area contributed by atoms with Crippen LogP contribution in [0, 0.1) is 24.2 Å². The van der Waals surface area contributed by atoms with Crippen molar-refractivity contribution in [2.45, 2.75) is 32.6 Å². The van der Waals surface area contributed by atoms with E-state index in [1.165, 1.54) is 0 Å². The zero-order valence-corrected chi connectivity index (χ0v) is 14.3. The van der Waals surface area contributed by atoms with Crippen LogP contribution in [-0.4, -0.2) is 21.7 Å². The molecule has 1 aromatic carbocycles. The Morgan fingerprint density at radius 2 is 2.08 bits per heavy atom. The van der Waals surface area contributed by atoms with Crippen LogP contribution in [0.3, 0.4) is 0 Å². The summed E-state index contributed by atoms with van der Waals surface area (Å²) in [5.74, 6) is -1.82. The highest BCUT2D eigenvalue weighted by molar-refractivity contribution is 6.21. The normalized spacial score (nSPS) is 14.6. The molecule has 26 heavy (non-hydrogen) atoms. The molecule has 0 bridgehead atoms. The molecule has 0 saturated carbocycles. The maximum atomic E-state index is 12.9. The molecule has 2 aromatic heterocycles. The van der Waals surface area contributed by atoms with Crippen molar-refractivity contribution in [2.24, 2.45) is 5.92 Å². The van der Waals surface area contributed by atoms with Crippen LogP contribution >= 0.6 is 0 Å². The molecule has 1 atom stereocenters. The summed E-state index contributed by atoms with van der Waals surface area (Å²) in [5, 5.41) is 14.1. The fourth-order valence-electron chi connectivity index (χ4n) is 3.55. The van der Waals surface area contributed by atoms with Gasteiger partial charge in [0.15, 0.2) is 17.4 Å². The molecule has 0 saturated heterocycles. The smallest absolute Gasteiger partial charge is 0.210 e. The van der Waals surface area contributed by atoms with Crippen molar-refractivity contribution in [3.63, 3.8) is 0 Å². The van der Waals surface area contributed by atoms with Crippen molar-refractivity contribution >= 4 is 22.5 Å². The van der Waals surface area contributed by atoms with Gasteiger partial charge in [-0.25, -0.2) is 0 Å². The van der Waals surface area contributed by atoms with Gasteiger partial charge in [0.25, 0.3) is 0 Å². The molecule has 130 valence electrons. The molecule has 2 heterocycles. The van der Waals surface area contributed by atoms with Gasteiger partial charge in [-0.15, -0.1) is 0 Å². The van der Waals surface area contributed by atoms with Gasteiger partial charge in [-0.3, -0.25) is 9.59 Å². The minimum absolute atomic E-state index is 0.135. The number of aromatic nitrogens is 2. The Morgan fingerprint density at radius 1 is 1.27 bits per heavy atom. The van der Waals surface area contributed by atoms with E-state index in [1.54, 1.807) is 6.20 Å². The number of H-pyrrole nitrogens is 1. The van der Waals surface area contributed by atoms with Gasteiger partial charge in [-0.1, -0.05) is 17.3 Å². The number of carbonyl (C=O) groups excluding carboxylic acids is 2. The van der Waals surface area contributed by atoms with Crippen LogP contribution < -0.4 is 0 Å². The molecule has 1 aliphatic carbocycles. The summed E-state index contributed by atoms with van der Waals surface area (Å²) < 4.78 is 5.26. The maximum absolute atomic E-state index is 12.9. The van der Waals surface area contributed by atoms with E-state index in [0.29, 0.717) is 23.1 Å². The van der Waals surface area contributed by atoms with Gasteiger partial charge in [-0.05, 0) is 37.8 Å². The average Bonchev–Trinajstić information content (AvgIpc) is 3.25. The van der Waals surface area contributed by atoms with Crippen LogP contribution in [0.2, 0.25) is 0 Å². The van der Waals surface area contributed by atoms with Gasteiger partial charge in [0.05, 0.1) is 6.07 Å². The number of ketones is 2. The highest BCUT2D eigenvalue weighted by atomic mass is 16.5. The Hall–Kier alpha value is -3.20. The van der Waals surface area contributed by atoms with Crippen molar-refractivity contribution in [1.82, 2.24) is 10.1 Å². The fourth-order valence-corrected chi connectivity index (χ4v) is 3.55. The van der Waals surface area contributed by atoms with Gasteiger partial charge >= 0.3 is 0 Å². The lowest BCUT2D eigenvalue weighted by Crippen LogP contribution is -2.24. The fraction of sp³-hybridized carbons (Fsp3) is 0.300. The van der Waals surface area contributed by atoms with Crippen LogP contribution in [0.15, 0.2) is 28.9 Å². The molecular weight excluding hydrogens is 330 g/mol. The molecule has 6 nitrogen and oxygen atoms in total. The quantitative estimate of drug-likeness (QED) is 0.574. The first-order valence-corrected chi connectivity index (χ1v) is 8.63. The lowest BCUT2D eigenvalue weighted by atomic mass is 9.89. The Balaban J connectivity index is 1.70. The Bertz CT molecular complexity index is 1070. The number of carbonyl (C=O) groups is 2. The highest BCUT2D eigenvalue weighted by Gasteiger charge is 2.34. The van der Waals surface area contributed by atoms with E-state index in [4.69, 9.17) is 4.52 Å². The second-order valence-corrected chi connectivity index (χ2v) is 6.68. The third-order valence-electron chi connectivity index (χ3n) is 4.94. The molecule has 0 amide bonds. The molecular formula is C20H17N3O3. The van der Waals surface area contributed by atoms with Crippen LogP contribution in [0.1, 0.15) is 50.6 Å². The number of hydrogen-bond donors (Lipinski definition) is 1. The summed E-state index contributed by atoms with van der Waals surface area (Å²) in [6.45, 7) is 1.96. The lowest BCUT2D eigenvalue weighted by molar-refractivity contribution is 0.0841. The number of nitriles is 1. The first-order valence-electron chi connectivity index (χ1n) is 8.63. The van der Waals surface area contributed by atoms with Crippen molar-refractivity contribution in [1.29, 1.82) is 5.26 Å². The number of benzene rings is 1. The third-order valence-corrected chi connectivity index (χ3v) is 4.94. The summed E-state index contributed by atoms with van der Waals surface area (Å²) in [7, 11) is 0. The summed E-state index contributed by atoms with van der Waals surface area (Å²) >= 11 is 0. The van der Waals surface area contributed by atoms with Crippen molar-refractivity contribution < 1.29 is 14.1 Å². The van der Waals surface area contributed by atoms with E-state index >= 15 is 0 Å². The molecule has 3 aromatic rings. The van der Waals surface area contributed by atoms with Crippen molar-refractivity contribution in [3.05, 3.63) is 52.5 Å². The number of aryl methyl sites for hydroxylation is 2. The third kappa shape index (κ3) is 2.53. The van der Waals surface area contributed by atoms with Crippen LogP contribution in [0.5, 0.6) is 0 Å². The molecule has 1 N–H and O–H groups in total. The van der Waals surface area contributed by atoms with Crippen LogP contribution in [0.25, 0.3) is 10.9 Å². The second-order valence-electron chi connectivity index (χ2n) is 6.68. The molecule has 0 spiro atoms. The van der Waals surface area contributed by atoms with E-state index in [1.807, 2.05) is 31.2 Å². The van der Waals surface area contributed by atoms with Crippen molar-refractivity contribution in [3.8, 4) is 6.07 Å². The van der Waals surface area contributed by atoms with E-state index in [2.05, 4.69) is 10.1 Å². The molecule has 0 fully saturated rings. The minimum Gasteiger partial charge on any atom is -0.360 e. The minimum atomic E-state index is -1.42. The van der Waals surface area contributed by atoms with Gasteiger partial charge in [0, 0.05) is 34.6 Å². The van der Waals surface area contributed by atoms with Gasteiger partial charge in [-0.2, -0.15) is 5.26 Å². The van der Waals surface area contributed by atoms with E-state index < -0.39 is 17.5 Å². The first-order chi connectivity index (χ1) is 12.6. The summed E-state index contributed by atoms with van der Waals surface area (Å²) in [6.07, 6.45) is 4.93. The molecule has 0 radical (unpaired) electrons. The molecule has 4 rings (SSSR count). The van der Waals surface area contributed by atoms with E-state index in [9.17, 15) is 14.9 Å². The predicted molar refractivity (Wildman–Crippen MR) is 93.9 cm³/mol. The number of rotatable bonds is 4. The maximum Gasteiger partial charge on any atom is 0.210 e. The standard InChI is InChI=1S/C20H17N3O3/c1-11-6-7-12-15(10-22-16(12)8-11)19(24)14(9-21)20(25)18-13-4-2-3-5-17(13)26-23-18/h6-8,10,14,22H,2-5H2,1H3/t14-/m0/s1. The first kappa shape index (κ1) is 16.3. The lowest BCUT2D eigenvalue weighted by Gasteiger charge is -2.10. The number of hydrogen-bond acceptors (Lipinski definition) is 5. The molecule has 6 heteroatoms. The summed E-state index contributed by atoms with van der Waals surface area (Å²) in [5.41, 5.74) is 3.09. The average molecular weight is 347 g/mol. The van der Waals surface area contributed by atoms with E-state index in [0.717, 1.165) is 35.9 Å². The van der Waals surface area contributed by atoms with Crippen molar-refractivity contribution in [2.75, 3.05) is 0 Å². The van der Waals surface area contributed by atoms with Gasteiger partial charge < -0.3 is 9.51 Å². The zero-order valence-electron chi connectivity index (χ0n) is 14.3. The number of aromatic amines is 1. The van der Waals surface area contributed by atoms with Crippen LogP contribution in [0.4, 0.5) is 0 Å². The Labute approximate surface area is 149 Å². The Kier molecular flexibility index (Phi) is 3.92. The predicted octanol–water partition coefficient (Wildman–Crippen LogP) is 3.55. The Morgan fingerprint density at radius 3 is 2.88 bits per heavy atom. The monoisotopic (exact) mass is 347 g/mol. The summed E-state index contributed by atoms with van der Waals surface area (Å²) in [6, 6.07) is 7.50. The van der Waals surface area contributed by atoms with Gasteiger partial charge in [0.1, 0.15) is 5.76 Å². The largest absolute Gasteiger partial charge is 0.360 e. The number of Topliss-reactive ketones (excluding diaryl/α,β-unsaturated/α-hetero) is 2. The molecule has 0 aliphatic heterocycles. The number of fused-ring (bicyclic) bond motifs is 2. The highest BCUT2D eigenvalue weighted by Crippen LogP contribution is 2.28. The SMILES string of the molecule is Cc1ccc2c(C(=O)[C@H](C#N)C(=O)c3noc4c3CCCC4)c[nH]c2c1. The second kappa shape index (κ2) is 6.26. The summed E-state index contributed by atoms with van der Waals surface area (Å²) in [4.78, 5) is 28.8. The topological polar surface area (TPSA) is 99.8 Å². The van der Waals surface area contributed by atoms with E-state index in [-0.39, 0.29) is 5.69 Å². The number of nitrogens with one attached hydrogen (secondary N) is 1. The van der Waals surface area contributed by atoms with Gasteiger partial charge in [0.2, 0.25) is 5.78 Å². The molecule has 1 aliphatic rings.